The number of para-hydroxylation sites is 1. The van der Waals surface area contributed by atoms with Crippen molar-refractivity contribution in [2.75, 3.05) is 50.4 Å². The number of hydrogen-bond donors (Lipinski definition) is 2. The third kappa shape index (κ3) is 7.44. The largest absolute Gasteiger partial charge is 0.473 e. The molecule has 2 heterocycles. The van der Waals surface area contributed by atoms with Gasteiger partial charge in [-0.25, -0.2) is 14.0 Å². The van der Waals surface area contributed by atoms with Crippen molar-refractivity contribution >= 4 is 29.4 Å². The Kier molecular flexibility index (Phi) is 9.74. The summed E-state index contributed by atoms with van der Waals surface area (Å²) >= 11 is 1.80. The van der Waals surface area contributed by atoms with E-state index in [1.807, 2.05) is 12.1 Å². The second-order valence-electron chi connectivity index (χ2n) is 8.44. The van der Waals surface area contributed by atoms with Crippen LogP contribution in [0.15, 0.2) is 53.4 Å². The van der Waals surface area contributed by atoms with Crippen molar-refractivity contribution in [1.82, 2.24) is 9.80 Å². The molecule has 0 radical (unpaired) electrons. The molecule has 7 nitrogen and oxygen atoms in total. The summed E-state index contributed by atoms with van der Waals surface area (Å²) in [4.78, 5) is 26.9. The number of piperazine rings is 1. The van der Waals surface area contributed by atoms with E-state index in [1.165, 1.54) is 36.4 Å². The first-order valence-corrected chi connectivity index (χ1v) is 12.6. The lowest BCUT2D eigenvalue weighted by Crippen LogP contribution is -2.53. The lowest BCUT2D eigenvalue weighted by atomic mass is 10.0. The zero-order valence-electron chi connectivity index (χ0n) is 19.4. The molecule has 2 aromatic rings. The van der Waals surface area contributed by atoms with E-state index < -0.39 is 11.9 Å². The molecule has 0 amide bonds. The molecule has 2 N–H and O–H groups in total. The third-order valence-corrected chi connectivity index (χ3v) is 7.07. The zero-order valence-corrected chi connectivity index (χ0v) is 20.2. The maximum absolute atomic E-state index is 14.0. The third-order valence-electron chi connectivity index (χ3n) is 6.33. The topological polar surface area (TPSA) is 84.3 Å². The number of anilines is 1. The van der Waals surface area contributed by atoms with E-state index in [2.05, 4.69) is 45.2 Å². The monoisotopic (exact) mass is 489 g/mol. The molecule has 4 rings (SSSR count). The van der Waals surface area contributed by atoms with Crippen molar-refractivity contribution in [1.29, 1.82) is 0 Å². The Bertz CT molecular complexity index is 931. The number of aliphatic carboxylic acids is 2. The molecule has 9 heteroatoms. The lowest BCUT2D eigenvalue weighted by Gasteiger charge is -2.43. The molecule has 2 fully saturated rings. The summed E-state index contributed by atoms with van der Waals surface area (Å²) in [6.45, 7) is 7.31. The predicted molar refractivity (Wildman–Crippen MR) is 132 cm³/mol. The minimum absolute atomic E-state index is 0.102. The summed E-state index contributed by atoms with van der Waals surface area (Å²) in [5.41, 5.74) is 2.17. The summed E-state index contributed by atoms with van der Waals surface area (Å²) in [5, 5.41) is 14.8. The summed E-state index contributed by atoms with van der Waals surface area (Å²) in [7, 11) is 0. The Balaban J connectivity index is 0.000000481. The molecule has 2 aromatic carbocycles. The maximum Gasteiger partial charge on any atom is 0.414 e. The van der Waals surface area contributed by atoms with E-state index >= 15 is 0 Å². The molecule has 0 spiro atoms. The van der Waals surface area contributed by atoms with Gasteiger partial charge in [-0.15, -0.1) is 11.8 Å². The highest BCUT2D eigenvalue weighted by Crippen LogP contribution is 2.24. The first-order chi connectivity index (χ1) is 16.4. The average molecular weight is 490 g/mol. The van der Waals surface area contributed by atoms with Crippen LogP contribution in [0, 0.1) is 5.82 Å². The van der Waals surface area contributed by atoms with E-state index in [1.54, 1.807) is 23.9 Å². The van der Waals surface area contributed by atoms with Crippen molar-refractivity contribution in [3.63, 3.8) is 0 Å². The van der Waals surface area contributed by atoms with Gasteiger partial charge in [0.15, 0.2) is 0 Å². The predicted octanol–water partition coefficient (Wildman–Crippen LogP) is 3.49. The van der Waals surface area contributed by atoms with Crippen LogP contribution in [-0.2, 0) is 16.1 Å². The average Bonchev–Trinajstić information content (AvgIpc) is 2.86. The Hall–Kier alpha value is -2.62. The number of nitrogens with zero attached hydrogens (tertiary/aromatic N) is 3. The molecule has 2 aliphatic rings. The Morgan fingerprint density at radius 3 is 2.03 bits per heavy atom. The van der Waals surface area contributed by atoms with Gasteiger partial charge in [0, 0.05) is 43.7 Å². The van der Waals surface area contributed by atoms with Crippen LogP contribution in [0.3, 0.4) is 0 Å². The number of carboxylic acids is 2. The fraction of sp³-hybridized carbons (Fsp3) is 0.440. The number of halogens is 1. The van der Waals surface area contributed by atoms with Gasteiger partial charge in [0.05, 0.1) is 5.69 Å². The summed E-state index contributed by atoms with van der Waals surface area (Å²) in [6, 6.07) is 16.8. The number of hydrogen-bond acceptors (Lipinski definition) is 6. The Morgan fingerprint density at radius 1 is 0.912 bits per heavy atom. The van der Waals surface area contributed by atoms with Gasteiger partial charge in [-0.2, -0.15) is 0 Å². The molecule has 184 valence electrons. The van der Waals surface area contributed by atoms with E-state index in [9.17, 15) is 4.39 Å². The normalized spacial score (nSPS) is 17.6. The fourth-order valence-electron chi connectivity index (χ4n) is 4.47. The highest BCUT2D eigenvalue weighted by atomic mass is 32.2. The van der Waals surface area contributed by atoms with Crippen LogP contribution in [0.25, 0.3) is 0 Å². The highest BCUT2D eigenvalue weighted by Gasteiger charge is 2.28. The molecule has 0 aliphatic carbocycles. The number of rotatable bonds is 5. The SMILES string of the molecule is CSc1ccc(CN2CCC(N3CCN(c4ccccc4F)CC3)CC2)cc1.O=C(O)C(=O)O. The zero-order chi connectivity index (χ0) is 24.5. The summed E-state index contributed by atoms with van der Waals surface area (Å²) in [5.74, 6) is -3.75. The lowest BCUT2D eigenvalue weighted by molar-refractivity contribution is -0.159. The van der Waals surface area contributed by atoms with Crippen LogP contribution in [0.4, 0.5) is 10.1 Å². The summed E-state index contributed by atoms with van der Waals surface area (Å²) < 4.78 is 14.0. The first-order valence-electron chi connectivity index (χ1n) is 11.4. The van der Waals surface area contributed by atoms with Crippen molar-refractivity contribution in [3.05, 3.63) is 59.9 Å². The minimum atomic E-state index is -1.82. The Labute approximate surface area is 204 Å². The number of carbonyl (C=O) groups is 2. The molecule has 2 saturated heterocycles. The first kappa shape index (κ1) is 26.0. The minimum Gasteiger partial charge on any atom is -0.473 e. The smallest absolute Gasteiger partial charge is 0.414 e. The van der Waals surface area contributed by atoms with Crippen LogP contribution < -0.4 is 4.90 Å². The van der Waals surface area contributed by atoms with Gasteiger partial charge in [-0.05, 0) is 62.0 Å². The second kappa shape index (κ2) is 12.7. The molecular formula is C25H32FN3O4S. The number of piperidine rings is 1. The maximum atomic E-state index is 14.0. The van der Waals surface area contributed by atoms with Crippen molar-refractivity contribution in [3.8, 4) is 0 Å². The van der Waals surface area contributed by atoms with Crippen LogP contribution in [0.2, 0.25) is 0 Å². The van der Waals surface area contributed by atoms with Crippen molar-refractivity contribution in [2.24, 2.45) is 0 Å². The second-order valence-corrected chi connectivity index (χ2v) is 9.32. The van der Waals surface area contributed by atoms with Gasteiger partial charge >= 0.3 is 11.9 Å². The van der Waals surface area contributed by atoms with Crippen LogP contribution in [0.1, 0.15) is 18.4 Å². The van der Waals surface area contributed by atoms with Gasteiger partial charge in [0.2, 0.25) is 0 Å². The van der Waals surface area contributed by atoms with Gasteiger partial charge in [-0.1, -0.05) is 24.3 Å². The number of likely N-dealkylation sites (tertiary alicyclic amines) is 1. The molecule has 2 aliphatic heterocycles. The van der Waals surface area contributed by atoms with Gasteiger partial charge in [0.25, 0.3) is 0 Å². The molecule has 0 aromatic heterocycles. The molecule has 34 heavy (non-hydrogen) atoms. The van der Waals surface area contributed by atoms with Crippen molar-refractivity contribution < 1.29 is 24.2 Å². The van der Waals surface area contributed by atoms with Crippen LogP contribution in [-0.4, -0.2) is 83.5 Å². The number of benzene rings is 2. The Morgan fingerprint density at radius 2 is 1.50 bits per heavy atom. The number of carboxylic acid groups (broad SMARTS) is 2. The molecule has 0 bridgehead atoms. The summed E-state index contributed by atoms with van der Waals surface area (Å²) in [6.07, 6.45) is 4.60. The van der Waals surface area contributed by atoms with E-state index in [4.69, 9.17) is 19.8 Å². The van der Waals surface area contributed by atoms with E-state index in [-0.39, 0.29) is 5.82 Å². The van der Waals surface area contributed by atoms with Gasteiger partial charge in [0.1, 0.15) is 5.82 Å². The van der Waals surface area contributed by atoms with Crippen molar-refractivity contribution in [2.45, 2.75) is 30.3 Å². The van der Waals surface area contributed by atoms with E-state index in [0.717, 1.165) is 38.4 Å². The van der Waals surface area contributed by atoms with Gasteiger partial charge in [-0.3, -0.25) is 9.80 Å². The van der Waals surface area contributed by atoms with Gasteiger partial charge < -0.3 is 15.1 Å². The highest BCUT2D eigenvalue weighted by molar-refractivity contribution is 7.98. The number of thioether (sulfide) groups is 1. The van der Waals surface area contributed by atoms with Crippen LogP contribution >= 0.6 is 11.8 Å². The van der Waals surface area contributed by atoms with Crippen LogP contribution in [0.5, 0.6) is 0 Å². The molecule has 0 atom stereocenters. The molecule has 0 unspecified atom stereocenters. The molecular weight excluding hydrogens is 457 g/mol. The quantitative estimate of drug-likeness (QED) is 0.488. The molecule has 0 saturated carbocycles. The van der Waals surface area contributed by atoms with E-state index in [0.29, 0.717) is 6.04 Å². The standard InChI is InChI=1S/C23H30FN3S.C2H2O4/c1-28-21-8-6-19(7-9-21)18-25-12-10-20(11-13-25)26-14-16-27(17-15-26)23-5-3-2-4-22(23)24;3-1(4)2(5)6/h2-9,20H,10-18H2,1H3;(H,3,4)(H,5,6). The fourth-order valence-corrected chi connectivity index (χ4v) is 4.88.